The maximum Gasteiger partial charge on any atom is 0.126 e. The minimum atomic E-state index is -0.502. The highest BCUT2D eigenvalue weighted by atomic mass is 19.1. The van der Waals surface area contributed by atoms with Crippen molar-refractivity contribution in [2.45, 2.75) is 38.6 Å². The van der Waals surface area contributed by atoms with Crippen LogP contribution in [0.1, 0.15) is 37.7 Å². The predicted molar refractivity (Wildman–Crippen MR) is 64.6 cm³/mol. The van der Waals surface area contributed by atoms with Crippen LogP contribution in [-0.2, 0) is 6.54 Å². The summed E-state index contributed by atoms with van der Waals surface area (Å²) in [7, 11) is 0. The van der Waals surface area contributed by atoms with E-state index in [1.54, 1.807) is 0 Å². The fourth-order valence-corrected chi connectivity index (χ4v) is 2.55. The third kappa shape index (κ3) is 4.08. The van der Waals surface area contributed by atoms with Crippen molar-refractivity contribution in [2.75, 3.05) is 6.54 Å². The topological polar surface area (TPSA) is 12.0 Å². The number of benzene rings is 1. The summed E-state index contributed by atoms with van der Waals surface area (Å²) in [6.07, 6.45) is 6.59. The molecule has 0 radical (unpaired) electrons. The average Bonchev–Trinajstić information content (AvgIpc) is 2.76. The van der Waals surface area contributed by atoms with Crippen LogP contribution in [-0.4, -0.2) is 6.54 Å². The summed E-state index contributed by atoms with van der Waals surface area (Å²) in [5, 5.41) is 3.25. The fraction of sp³-hybridized carbons (Fsp3) is 0.571. The first-order valence-corrected chi connectivity index (χ1v) is 6.40. The van der Waals surface area contributed by atoms with Gasteiger partial charge in [-0.05, 0) is 36.6 Å². The first kappa shape index (κ1) is 12.5. The summed E-state index contributed by atoms with van der Waals surface area (Å²) >= 11 is 0. The molecule has 3 heteroatoms. The number of halogens is 2. The third-order valence-corrected chi connectivity index (χ3v) is 3.46. The van der Waals surface area contributed by atoms with Crippen LogP contribution in [0, 0.1) is 17.6 Å². The van der Waals surface area contributed by atoms with Crippen molar-refractivity contribution in [3.05, 3.63) is 35.4 Å². The summed E-state index contributed by atoms with van der Waals surface area (Å²) < 4.78 is 25.8. The van der Waals surface area contributed by atoms with Crippen LogP contribution in [0.25, 0.3) is 0 Å². The highest BCUT2D eigenvalue weighted by Crippen LogP contribution is 2.26. The van der Waals surface area contributed by atoms with E-state index in [2.05, 4.69) is 5.32 Å². The van der Waals surface area contributed by atoms with Crippen LogP contribution in [0.5, 0.6) is 0 Å². The van der Waals surface area contributed by atoms with Crippen molar-refractivity contribution in [3.8, 4) is 0 Å². The Morgan fingerprint density at radius 2 is 1.71 bits per heavy atom. The first-order valence-electron chi connectivity index (χ1n) is 6.40. The van der Waals surface area contributed by atoms with Gasteiger partial charge in [-0.2, -0.15) is 0 Å². The van der Waals surface area contributed by atoms with Gasteiger partial charge in [0.1, 0.15) is 11.6 Å². The van der Waals surface area contributed by atoms with Gasteiger partial charge in [-0.3, -0.25) is 0 Å². The normalized spacial score (nSPS) is 16.6. The van der Waals surface area contributed by atoms with Crippen LogP contribution < -0.4 is 5.32 Å². The largest absolute Gasteiger partial charge is 0.313 e. The van der Waals surface area contributed by atoms with Crippen LogP contribution in [0.4, 0.5) is 8.78 Å². The van der Waals surface area contributed by atoms with Crippen LogP contribution in [0.3, 0.4) is 0 Å². The number of nitrogens with one attached hydrogen (secondary N) is 1. The Balaban J connectivity index is 1.70. The summed E-state index contributed by atoms with van der Waals surface area (Å²) in [5.41, 5.74) is 0.675. The van der Waals surface area contributed by atoms with Gasteiger partial charge < -0.3 is 5.32 Å². The molecule has 0 aliphatic heterocycles. The molecule has 0 aromatic heterocycles. The highest BCUT2D eigenvalue weighted by Gasteiger charge is 2.13. The van der Waals surface area contributed by atoms with E-state index in [0.29, 0.717) is 12.1 Å². The Labute approximate surface area is 101 Å². The molecule has 0 heterocycles. The Kier molecular flexibility index (Phi) is 4.49. The molecule has 1 fully saturated rings. The molecule has 0 saturated heterocycles. The molecule has 1 aliphatic carbocycles. The molecule has 1 aliphatic rings. The molecule has 2 rings (SSSR count). The second-order valence-electron chi connectivity index (χ2n) is 4.89. The number of rotatable bonds is 5. The lowest BCUT2D eigenvalue weighted by atomic mass is 10.0. The van der Waals surface area contributed by atoms with Crippen LogP contribution in [0.2, 0.25) is 0 Å². The summed E-state index contributed by atoms with van der Waals surface area (Å²) in [6, 6.07) is 3.67. The van der Waals surface area contributed by atoms with Crippen LogP contribution in [0.15, 0.2) is 18.2 Å². The third-order valence-electron chi connectivity index (χ3n) is 3.46. The quantitative estimate of drug-likeness (QED) is 0.774. The smallest absolute Gasteiger partial charge is 0.126 e. The molecule has 17 heavy (non-hydrogen) atoms. The molecule has 0 bridgehead atoms. The van der Waals surface area contributed by atoms with Gasteiger partial charge in [0.15, 0.2) is 0 Å². The van der Waals surface area contributed by atoms with Gasteiger partial charge in [0, 0.05) is 12.6 Å². The van der Waals surface area contributed by atoms with E-state index >= 15 is 0 Å². The molecule has 0 unspecified atom stereocenters. The Morgan fingerprint density at radius 3 is 2.35 bits per heavy atom. The van der Waals surface area contributed by atoms with Crippen molar-refractivity contribution in [3.63, 3.8) is 0 Å². The maximum atomic E-state index is 12.9. The van der Waals surface area contributed by atoms with Crippen molar-refractivity contribution in [1.29, 1.82) is 0 Å². The number of hydrogen-bond donors (Lipinski definition) is 1. The summed E-state index contributed by atoms with van der Waals surface area (Å²) in [6.45, 7) is 1.48. The SMILES string of the molecule is Fc1cc(F)cc(CNCCC2CCCC2)c1. The maximum absolute atomic E-state index is 12.9. The van der Waals surface area contributed by atoms with Crippen LogP contribution >= 0.6 is 0 Å². The Morgan fingerprint density at radius 1 is 1.06 bits per heavy atom. The van der Waals surface area contributed by atoms with Gasteiger partial charge in [0.05, 0.1) is 0 Å². The number of hydrogen-bond acceptors (Lipinski definition) is 1. The zero-order valence-electron chi connectivity index (χ0n) is 10.0. The van der Waals surface area contributed by atoms with E-state index in [1.807, 2.05) is 0 Å². The zero-order valence-corrected chi connectivity index (χ0v) is 10.0. The van der Waals surface area contributed by atoms with E-state index < -0.39 is 11.6 Å². The molecule has 1 aromatic rings. The van der Waals surface area contributed by atoms with Gasteiger partial charge in [0.2, 0.25) is 0 Å². The van der Waals surface area contributed by atoms with Gasteiger partial charge in [-0.25, -0.2) is 8.78 Å². The molecule has 0 amide bonds. The molecule has 0 spiro atoms. The lowest BCUT2D eigenvalue weighted by molar-refractivity contribution is 0.476. The second-order valence-corrected chi connectivity index (χ2v) is 4.89. The predicted octanol–water partition coefficient (Wildman–Crippen LogP) is 3.63. The molecule has 1 nitrogen and oxygen atoms in total. The Hall–Kier alpha value is -0.960. The highest BCUT2D eigenvalue weighted by molar-refractivity contribution is 5.17. The van der Waals surface area contributed by atoms with Gasteiger partial charge in [0.25, 0.3) is 0 Å². The molecule has 1 N–H and O–H groups in total. The lowest BCUT2D eigenvalue weighted by Gasteiger charge is -2.09. The molecular weight excluding hydrogens is 220 g/mol. The first-order chi connectivity index (χ1) is 8.24. The van der Waals surface area contributed by atoms with E-state index in [1.165, 1.54) is 44.2 Å². The molecule has 1 aromatic carbocycles. The van der Waals surface area contributed by atoms with E-state index in [-0.39, 0.29) is 0 Å². The summed E-state index contributed by atoms with van der Waals surface area (Å²) in [5.74, 6) is -0.151. The van der Waals surface area contributed by atoms with E-state index in [9.17, 15) is 8.78 Å². The van der Waals surface area contributed by atoms with Crippen molar-refractivity contribution in [2.24, 2.45) is 5.92 Å². The van der Waals surface area contributed by atoms with E-state index in [0.717, 1.165) is 18.5 Å². The molecule has 1 saturated carbocycles. The van der Waals surface area contributed by atoms with Gasteiger partial charge >= 0.3 is 0 Å². The average molecular weight is 239 g/mol. The second kappa shape index (κ2) is 6.10. The molecule has 94 valence electrons. The van der Waals surface area contributed by atoms with Gasteiger partial charge in [-0.1, -0.05) is 25.7 Å². The van der Waals surface area contributed by atoms with Crippen molar-refractivity contribution >= 4 is 0 Å². The monoisotopic (exact) mass is 239 g/mol. The summed E-state index contributed by atoms with van der Waals surface area (Å²) in [4.78, 5) is 0. The standard InChI is InChI=1S/C14H19F2N/c15-13-7-12(8-14(16)9-13)10-17-6-5-11-3-1-2-4-11/h7-9,11,17H,1-6,10H2. The minimum absolute atomic E-state index is 0.502. The minimum Gasteiger partial charge on any atom is -0.313 e. The lowest BCUT2D eigenvalue weighted by Crippen LogP contribution is -2.17. The molecular formula is C14H19F2N. The van der Waals surface area contributed by atoms with E-state index in [4.69, 9.17) is 0 Å². The molecule has 0 atom stereocenters. The van der Waals surface area contributed by atoms with Crippen molar-refractivity contribution < 1.29 is 8.78 Å². The zero-order chi connectivity index (χ0) is 12.1. The van der Waals surface area contributed by atoms with Crippen molar-refractivity contribution in [1.82, 2.24) is 5.32 Å². The van der Waals surface area contributed by atoms with Gasteiger partial charge in [-0.15, -0.1) is 0 Å². The fourth-order valence-electron chi connectivity index (χ4n) is 2.55. The Bertz CT molecular complexity index is 339.